The van der Waals surface area contributed by atoms with Gasteiger partial charge in [0.05, 0.1) is 11.5 Å². The molecule has 6 heteroatoms. The first-order valence-corrected chi connectivity index (χ1v) is 8.67. The van der Waals surface area contributed by atoms with Gasteiger partial charge in [-0.1, -0.05) is 19.1 Å². The van der Waals surface area contributed by atoms with Crippen LogP contribution in [0, 0.1) is 0 Å². The summed E-state index contributed by atoms with van der Waals surface area (Å²) >= 11 is 5.65. The van der Waals surface area contributed by atoms with Crippen LogP contribution in [0.2, 0.25) is 0 Å². The van der Waals surface area contributed by atoms with Crippen LogP contribution >= 0.6 is 11.6 Å². The highest BCUT2D eigenvalue weighted by Gasteiger charge is 2.22. The summed E-state index contributed by atoms with van der Waals surface area (Å²) in [5.74, 6) is 0.612. The number of hydrogen-bond donors (Lipinski definition) is 0. The highest BCUT2D eigenvalue weighted by molar-refractivity contribution is 7.89. The average molecular weight is 320 g/mol. The molecule has 114 valence electrons. The van der Waals surface area contributed by atoms with E-state index in [-0.39, 0.29) is 0 Å². The van der Waals surface area contributed by atoms with E-state index in [9.17, 15) is 8.42 Å². The van der Waals surface area contributed by atoms with Gasteiger partial charge in [-0.3, -0.25) is 0 Å². The van der Waals surface area contributed by atoms with Gasteiger partial charge in [-0.15, -0.1) is 11.6 Å². The fourth-order valence-electron chi connectivity index (χ4n) is 1.89. The number of likely N-dealkylation sites (N-methyl/N-ethyl adjacent to an activating group) is 1. The predicted molar refractivity (Wildman–Crippen MR) is 81.8 cm³/mol. The van der Waals surface area contributed by atoms with E-state index < -0.39 is 10.0 Å². The molecule has 0 radical (unpaired) electrons. The Kier molecular flexibility index (Phi) is 7.51. The van der Waals surface area contributed by atoms with Gasteiger partial charge in [0, 0.05) is 26.1 Å². The lowest BCUT2D eigenvalue weighted by atomic mass is 10.1. The maximum Gasteiger partial charge on any atom is 0.243 e. The molecule has 0 saturated carbocycles. The molecule has 0 bridgehead atoms. The van der Waals surface area contributed by atoms with Gasteiger partial charge < -0.3 is 4.74 Å². The molecule has 0 amide bonds. The number of halogens is 1. The van der Waals surface area contributed by atoms with Crippen molar-refractivity contribution in [1.82, 2.24) is 4.31 Å². The minimum Gasteiger partial charge on any atom is -0.383 e. The second-order valence-electron chi connectivity index (χ2n) is 4.43. The van der Waals surface area contributed by atoms with Crippen LogP contribution in [-0.2, 0) is 21.2 Å². The number of benzene rings is 1. The van der Waals surface area contributed by atoms with Crippen molar-refractivity contribution in [2.24, 2.45) is 0 Å². The molecule has 0 atom stereocenters. The molecule has 0 aliphatic heterocycles. The smallest absolute Gasteiger partial charge is 0.243 e. The van der Waals surface area contributed by atoms with Crippen LogP contribution in [0.4, 0.5) is 0 Å². The number of sulfonamides is 1. The molecule has 0 saturated heterocycles. The van der Waals surface area contributed by atoms with Gasteiger partial charge in [0.1, 0.15) is 0 Å². The van der Waals surface area contributed by atoms with Crippen LogP contribution in [0.1, 0.15) is 18.9 Å². The van der Waals surface area contributed by atoms with E-state index in [1.54, 1.807) is 19.2 Å². The molecule has 20 heavy (non-hydrogen) atoms. The van der Waals surface area contributed by atoms with Gasteiger partial charge in [0.15, 0.2) is 0 Å². The molecule has 0 spiro atoms. The first-order chi connectivity index (χ1) is 9.56. The average Bonchev–Trinajstić information content (AvgIpc) is 2.46. The Hall–Kier alpha value is -0.620. The summed E-state index contributed by atoms with van der Waals surface area (Å²) in [6.45, 7) is 3.01. The number of methoxy groups -OCH3 is 1. The third-order valence-corrected chi connectivity index (χ3v) is 5.31. The highest BCUT2D eigenvalue weighted by atomic mass is 35.5. The Morgan fingerprint density at radius 3 is 2.40 bits per heavy atom. The van der Waals surface area contributed by atoms with Gasteiger partial charge in [-0.05, 0) is 30.5 Å². The summed E-state index contributed by atoms with van der Waals surface area (Å²) in [5, 5.41) is 0. The third kappa shape index (κ3) is 4.74. The van der Waals surface area contributed by atoms with Crippen molar-refractivity contribution >= 4 is 21.6 Å². The zero-order chi connectivity index (χ0) is 15.0. The maximum absolute atomic E-state index is 12.4. The van der Waals surface area contributed by atoms with Gasteiger partial charge in [-0.2, -0.15) is 4.31 Å². The van der Waals surface area contributed by atoms with Crippen LogP contribution in [0.15, 0.2) is 29.2 Å². The molecule has 0 aromatic heterocycles. The molecule has 1 aromatic carbocycles. The van der Waals surface area contributed by atoms with Crippen molar-refractivity contribution in [3.63, 3.8) is 0 Å². The molecule has 0 aliphatic carbocycles. The van der Waals surface area contributed by atoms with Crippen molar-refractivity contribution in [3.05, 3.63) is 29.8 Å². The standard InChI is InChI=1S/C14H22ClNO3S/c1-3-16(11-12-19-2)20(17,18)14-8-6-13(7-9-14)5-4-10-15/h6-9H,3-5,10-12H2,1-2H3. The Morgan fingerprint density at radius 2 is 1.90 bits per heavy atom. The number of hydrogen-bond acceptors (Lipinski definition) is 3. The molecule has 1 aromatic rings. The van der Waals surface area contributed by atoms with E-state index in [2.05, 4.69) is 0 Å². The Bertz CT molecular complexity index is 488. The van der Waals surface area contributed by atoms with Gasteiger partial charge >= 0.3 is 0 Å². The van der Waals surface area contributed by atoms with E-state index in [0.29, 0.717) is 30.5 Å². The molecule has 0 fully saturated rings. The van der Waals surface area contributed by atoms with Crippen LogP contribution < -0.4 is 0 Å². The first kappa shape index (κ1) is 17.4. The summed E-state index contributed by atoms with van der Waals surface area (Å²) in [6, 6.07) is 7.02. The number of nitrogens with zero attached hydrogens (tertiary/aromatic N) is 1. The normalized spacial score (nSPS) is 12.0. The predicted octanol–water partition coefficient (Wildman–Crippen LogP) is 2.52. The highest BCUT2D eigenvalue weighted by Crippen LogP contribution is 2.17. The number of rotatable bonds is 9. The largest absolute Gasteiger partial charge is 0.383 e. The van der Waals surface area contributed by atoms with E-state index >= 15 is 0 Å². The van der Waals surface area contributed by atoms with Crippen molar-refractivity contribution in [3.8, 4) is 0 Å². The molecule has 0 unspecified atom stereocenters. The van der Waals surface area contributed by atoms with Crippen molar-refractivity contribution in [2.45, 2.75) is 24.7 Å². The minimum atomic E-state index is -3.43. The minimum absolute atomic E-state index is 0.324. The van der Waals surface area contributed by atoms with E-state index in [1.807, 2.05) is 19.1 Å². The Morgan fingerprint density at radius 1 is 1.25 bits per heavy atom. The lowest BCUT2D eigenvalue weighted by molar-refractivity contribution is 0.180. The first-order valence-electron chi connectivity index (χ1n) is 6.70. The molecule has 0 aliphatic rings. The van der Waals surface area contributed by atoms with Crippen molar-refractivity contribution < 1.29 is 13.2 Å². The number of alkyl halides is 1. The number of ether oxygens (including phenoxy) is 1. The summed E-state index contributed by atoms with van der Waals surface area (Å²) in [7, 11) is -1.87. The molecular weight excluding hydrogens is 298 g/mol. The second-order valence-corrected chi connectivity index (χ2v) is 6.74. The molecular formula is C14H22ClNO3S. The quantitative estimate of drug-likeness (QED) is 0.657. The van der Waals surface area contributed by atoms with Crippen LogP contribution in [-0.4, -0.2) is 45.4 Å². The van der Waals surface area contributed by atoms with E-state index in [4.69, 9.17) is 16.3 Å². The SMILES string of the molecule is CCN(CCOC)S(=O)(=O)c1ccc(CCCCl)cc1. The number of aryl methyl sites for hydroxylation is 1. The van der Waals surface area contributed by atoms with Crippen LogP contribution in [0.3, 0.4) is 0 Å². The zero-order valence-electron chi connectivity index (χ0n) is 12.0. The zero-order valence-corrected chi connectivity index (χ0v) is 13.6. The summed E-state index contributed by atoms with van der Waals surface area (Å²) in [4.78, 5) is 0.324. The van der Waals surface area contributed by atoms with Gasteiger partial charge in [0.25, 0.3) is 0 Å². The molecule has 0 heterocycles. The van der Waals surface area contributed by atoms with Crippen molar-refractivity contribution in [2.75, 3.05) is 32.7 Å². The molecule has 0 N–H and O–H groups in total. The van der Waals surface area contributed by atoms with Gasteiger partial charge in [0.2, 0.25) is 10.0 Å². The van der Waals surface area contributed by atoms with Crippen LogP contribution in [0.25, 0.3) is 0 Å². The lowest BCUT2D eigenvalue weighted by Crippen LogP contribution is -2.33. The summed E-state index contributed by atoms with van der Waals surface area (Å²) in [5.41, 5.74) is 1.10. The van der Waals surface area contributed by atoms with Crippen molar-refractivity contribution in [1.29, 1.82) is 0 Å². The van der Waals surface area contributed by atoms with E-state index in [1.165, 1.54) is 4.31 Å². The molecule has 4 nitrogen and oxygen atoms in total. The Balaban J connectivity index is 2.85. The molecule has 1 rings (SSSR count). The van der Waals surface area contributed by atoms with Gasteiger partial charge in [-0.25, -0.2) is 8.42 Å². The fourth-order valence-corrected chi connectivity index (χ4v) is 3.46. The monoisotopic (exact) mass is 319 g/mol. The summed E-state index contributed by atoms with van der Waals surface area (Å²) in [6.07, 6.45) is 1.76. The van der Waals surface area contributed by atoms with Crippen LogP contribution in [0.5, 0.6) is 0 Å². The van der Waals surface area contributed by atoms with E-state index in [0.717, 1.165) is 18.4 Å². The summed E-state index contributed by atoms with van der Waals surface area (Å²) < 4.78 is 31.3. The maximum atomic E-state index is 12.4. The topological polar surface area (TPSA) is 46.6 Å². The lowest BCUT2D eigenvalue weighted by Gasteiger charge is -2.20. The second kappa shape index (κ2) is 8.62. The Labute approximate surface area is 126 Å². The fraction of sp³-hybridized carbons (Fsp3) is 0.571. The third-order valence-electron chi connectivity index (χ3n) is 3.06.